The number of amides is 1. The van der Waals surface area contributed by atoms with E-state index in [1.165, 1.54) is 0 Å². The Kier molecular flexibility index (Phi) is 3.86. The summed E-state index contributed by atoms with van der Waals surface area (Å²) in [6, 6.07) is 11.0. The summed E-state index contributed by atoms with van der Waals surface area (Å²) in [4.78, 5) is 14.6. The van der Waals surface area contributed by atoms with Crippen LogP contribution in [0.25, 0.3) is 5.65 Å². The van der Waals surface area contributed by atoms with Crippen molar-refractivity contribution in [2.24, 2.45) is 0 Å². The van der Waals surface area contributed by atoms with Gasteiger partial charge in [-0.25, -0.2) is 9.50 Å². The molecule has 1 aromatic carbocycles. The van der Waals surface area contributed by atoms with E-state index in [0.717, 1.165) is 11.4 Å². The first-order valence-electron chi connectivity index (χ1n) is 6.61. The minimum atomic E-state index is 0.317. The number of ether oxygens (including phenoxy) is 2. The number of imidazole rings is 1. The van der Waals surface area contributed by atoms with Crippen LogP contribution in [0.5, 0.6) is 11.5 Å². The van der Waals surface area contributed by atoms with Gasteiger partial charge in [-0.15, -0.1) is 0 Å². The third kappa shape index (κ3) is 2.98. The van der Waals surface area contributed by atoms with Gasteiger partial charge in [0.15, 0.2) is 11.5 Å². The SMILES string of the molecule is COc1cccc(OCc2ccc3nc(NC=O)cn3n2)c1. The van der Waals surface area contributed by atoms with Gasteiger partial charge in [0.1, 0.15) is 18.1 Å². The molecule has 0 saturated carbocycles. The maximum atomic E-state index is 10.4. The molecule has 2 aromatic heterocycles. The molecule has 0 unspecified atom stereocenters. The number of fused-ring (bicyclic) bond motifs is 1. The van der Waals surface area contributed by atoms with Crippen LogP contribution in [0.2, 0.25) is 0 Å². The number of hydrogen-bond donors (Lipinski definition) is 1. The number of carbonyl (C=O) groups is 1. The minimum Gasteiger partial charge on any atom is -0.497 e. The van der Waals surface area contributed by atoms with Gasteiger partial charge >= 0.3 is 0 Å². The smallest absolute Gasteiger partial charge is 0.212 e. The summed E-state index contributed by atoms with van der Waals surface area (Å²) in [5.74, 6) is 1.89. The summed E-state index contributed by atoms with van der Waals surface area (Å²) in [6.07, 6.45) is 2.22. The third-order valence-corrected chi connectivity index (χ3v) is 3.01. The Hall–Kier alpha value is -3.09. The summed E-state index contributed by atoms with van der Waals surface area (Å²) in [5, 5.41) is 6.87. The Balaban J connectivity index is 1.74. The number of hydrogen-bond acceptors (Lipinski definition) is 5. The van der Waals surface area contributed by atoms with Gasteiger partial charge < -0.3 is 14.8 Å². The van der Waals surface area contributed by atoms with Crippen molar-refractivity contribution in [3.63, 3.8) is 0 Å². The highest BCUT2D eigenvalue weighted by atomic mass is 16.5. The van der Waals surface area contributed by atoms with E-state index >= 15 is 0 Å². The second kappa shape index (κ2) is 6.13. The third-order valence-electron chi connectivity index (χ3n) is 3.01. The molecule has 0 fully saturated rings. The lowest BCUT2D eigenvalue weighted by Gasteiger charge is -2.07. The van der Waals surface area contributed by atoms with Crippen LogP contribution in [-0.2, 0) is 11.4 Å². The van der Waals surface area contributed by atoms with Gasteiger partial charge in [0.25, 0.3) is 0 Å². The number of methoxy groups -OCH3 is 1. The molecule has 0 aliphatic rings. The van der Waals surface area contributed by atoms with Crippen LogP contribution in [0.3, 0.4) is 0 Å². The van der Waals surface area contributed by atoms with Crippen LogP contribution in [0.1, 0.15) is 5.69 Å². The topological polar surface area (TPSA) is 77.8 Å². The second-order valence-corrected chi connectivity index (χ2v) is 4.48. The predicted molar refractivity (Wildman–Crippen MR) is 80.0 cm³/mol. The molecular formula is C15H14N4O3. The molecule has 7 nitrogen and oxygen atoms in total. The number of rotatable bonds is 6. The number of carbonyl (C=O) groups excluding carboxylic acids is 1. The van der Waals surface area contributed by atoms with E-state index in [2.05, 4.69) is 15.4 Å². The van der Waals surface area contributed by atoms with E-state index in [4.69, 9.17) is 9.47 Å². The van der Waals surface area contributed by atoms with E-state index in [1.54, 1.807) is 17.8 Å². The molecule has 1 amide bonds. The van der Waals surface area contributed by atoms with Crippen molar-refractivity contribution >= 4 is 17.9 Å². The minimum absolute atomic E-state index is 0.317. The largest absolute Gasteiger partial charge is 0.497 e. The molecule has 1 N–H and O–H groups in total. The fourth-order valence-corrected chi connectivity index (χ4v) is 1.98. The van der Waals surface area contributed by atoms with Gasteiger partial charge in [-0.3, -0.25) is 4.79 Å². The number of nitrogens with zero attached hydrogens (tertiary/aromatic N) is 3. The van der Waals surface area contributed by atoms with Crippen LogP contribution in [0, 0.1) is 0 Å². The number of aromatic nitrogens is 3. The van der Waals surface area contributed by atoms with Gasteiger partial charge in [-0.05, 0) is 24.3 Å². The molecule has 0 spiro atoms. The highest BCUT2D eigenvalue weighted by Crippen LogP contribution is 2.19. The first-order chi connectivity index (χ1) is 10.8. The predicted octanol–water partition coefficient (Wildman–Crippen LogP) is 1.89. The van der Waals surface area contributed by atoms with Crippen LogP contribution in [0.15, 0.2) is 42.6 Å². The lowest BCUT2D eigenvalue weighted by Crippen LogP contribution is -2.02. The highest BCUT2D eigenvalue weighted by molar-refractivity contribution is 5.69. The van der Waals surface area contributed by atoms with Gasteiger partial charge in [0.05, 0.1) is 19.0 Å². The average Bonchev–Trinajstić information content (AvgIpc) is 2.95. The summed E-state index contributed by atoms with van der Waals surface area (Å²) < 4.78 is 12.4. The molecule has 0 aliphatic carbocycles. The van der Waals surface area contributed by atoms with Crippen molar-refractivity contribution in [2.45, 2.75) is 6.61 Å². The molecule has 0 radical (unpaired) electrons. The van der Waals surface area contributed by atoms with Crippen LogP contribution in [0.4, 0.5) is 5.82 Å². The molecule has 0 bridgehead atoms. The van der Waals surface area contributed by atoms with E-state index in [-0.39, 0.29) is 0 Å². The molecule has 2 heterocycles. The van der Waals surface area contributed by atoms with Gasteiger partial charge in [0.2, 0.25) is 6.41 Å². The van der Waals surface area contributed by atoms with Gasteiger partial charge in [-0.2, -0.15) is 5.10 Å². The molecule has 0 saturated heterocycles. The first-order valence-corrected chi connectivity index (χ1v) is 6.61. The maximum Gasteiger partial charge on any atom is 0.212 e. The summed E-state index contributed by atoms with van der Waals surface area (Å²) in [7, 11) is 1.61. The van der Waals surface area contributed by atoms with Crippen molar-refractivity contribution in [1.82, 2.24) is 14.6 Å². The fourth-order valence-electron chi connectivity index (χ4n) is 1.98. The number of nitrogens with one attached hydrogen (secondary N) is 1. The zero-order chi connectivity index (χ0) is 15.4. The maximum absolute atomic E-state index is 10.4. The Bertz CT molecular complexity index is 800. The summed E-state index contributed by atoms with van der Waals surface area (Å²) in [5.41, 5.74) is 1.39. The fraction of sp³-hybridized carbons (Fsp3) is 0.133. The molecule has 7 heteroatoms. The van der Waals surface area contributed by atoms with E-state index < -0.39 is 0 Å². The number of anilines is 1. The monoisotopic (exact) mass is 298 g/mol. The normalized spacial score (nSPS) is 10.4. The average molecular weight is 298 g/mol. The first kappa shape index (κ1) is 13.9. The van der Waals surface area contributed by atoms with Gasteiger partial charge in [0, 0.05) is 6.07 Å². The molecule has 112 valence electrons. The van der Waals surface area contributed by atoms with Crippen molar-refractivity contribution in [1.29, 1.82) is 0 Å². The van der Waals surface area contributed by atoms with Crippen molar-refractivity contribution in [3.8, 4) is 11.5 Å². The van der Waals surface area contributed by atoms with Crippen LogP contribution < -0.4 is 14.8 Å². The zero-order valence-electron chi connectivity index (χ0n) is 11.9. The Morgan fingerprint density at radius 3 is 2.95 bits per heavy atom. The summed E-state index contributed by atoms with van der Waals surface area (Å²) in [6.45, 7) is 0.317. The van der Waals surface area contributed by atoms with E-state index in [0.29, 0.717) is 30.2 Å². The highest BCUT2D eigenvalue weighted by Gasteiger charge is 2.04. The molecule has 0 atom stereocenters. The zero-order valence-corrected chi connectivity index (χ0v) is 11.9. The summed E-state index contributed by atoms with van der Waals surface area (Å²) >= 11 is 0. The second-order valence-electron chi connectivity index (χ2n) is 4.48. The van der Waals surface area contributed by atoms with Crippen molar-refractivity contribution in [2.75, 3.05) is 12.4 Å². The molecule has 22 heavy (non-hydrogen) atoms. The quantitative estimate of drug-likeness (QED) is 0.703. The molecule has 3 aromatic rings. The van der Waals surface area contributed by atoms with E-state index in [1.807, 2.05) is 36.4 Å². The van der Waals surface area contributed by atoms with Crippen LogP contribution >= 0.6 is 0 Å². The molecular weight excluding hydrogens is 284 g/mol. The Labute approximate surface area is 126 Å². The standard InChI is InChI=1S/C15H14N4O3/c1-21-12-3-2-4-13(7-12)22-9-11-5-6-15-17-14(16-10-20)8-19(15)18-11/h2-8,10H,9H2,1H3,(H,16,20). The Morgan fingerprint density at radius 2 is 2.14 bits per heavy atom. The van der Waals surface area contributed by atoms with Crippen LogP contribution in [-0.4, -0.2) is 28.1 Å². The lowest BCUT2D eigenvalue weighted by atomic mass is 10.3. The van der Waals surface area contributed by atoms with E-state index in [9.17, 15) is 4.79 Å². The lowest BCUT2D eigenvalue weighted by molar-refractivity contribution is -0.105. The number of benzene rings is 1. The van der Waals surface area contributed by atoms with Crippen molar-refractivity contribution in [3.05, 3.63) is 48.3 Å². The van der Waals surface area contributed by atoms with Gasteiger partial charge in [-0.1, -0.05) is 6.07 Å². The molecule has 3 rings (SSSR count). The van der Waals surface area contributed by atoms with Crippen molar-refractivity contribution < 1.29 is 14.3 Å². The Morgan fingerprint density at radius 1 is 1.27 bits per heavy atom. The molecule has 0 aliphatic heterocycles.